The fraction of sp³-hybridized carbons (Fsp3) is 0.400. The van der Waals surface area contributed by atoms with Crippen LogP contribution in [0.25, 0.3) is 6.08 Å². The molecule has 0 fully saturated rings. The lowest BCUT2D eigenvalue weighted by Crippen LogP contribution is -2.05. The number of para-hydroxylation sites is 1. The van der Waals surface area contributed by atoms with Crippen LogP contribution in [0.1, 0.15) is 26.3 Å². The summed E-state index contributed by atoms with van der Waals surface area (Å²) in [4.78, 5) is 11.2. The smallest absolute Gasteiger partial charge is 0.330 e. The zero-order chi connectivity index (χ0) is 13.4. The summed E-state index contributed by atoms with van der Waals surface area (Å²) in [5.41, 5.74) is 0.881. The van der Waals surface area contributed by atoms with E-state index in [9.17, 15) is 4.79 Å². The highest BCUT2D eigenvalue weighted by Gasteiger charge is 2.02. The molecule has 0 unspecified atom stereocenters. The first kappa shape index (κ1) is 14.3. The van der Waals surface area contributed by atoms with Gasteiger partial charge in [0.1, 0.15) is 5.75 Å². The van der Waals surface area contributed by atoms with Crippen molar-refractivity contribution in [1.82, 2.24) is 0 Å². The molecule has 0 aliphatic rings. The summed E-state index contributed by atoms with van der Waals surface area (Å²) in [6.45, 7) is 7.01. The molecule has 0 saturated carbocycles. The molecule has 0 bridgehead atoms. The van der Waals surface area contributed by atoms with E-state index in [2.05, 4.69) is 13.8 Å². The van der Waals surface area contributed by atoms with Crippen molar-refractivity contribution in [3.05, 3.63) is 35.9 Å². The third-order valence-corrected chi connectivity index (χ3v) is 2.18. The van der Waals surface area contributed by atoms with E-state index in [1.807, 2.05) is 24.3 Å². The quantitative estimate of drug-likeness (QED) is 0.572. The molecule has 0 radical (unpaired) electrons. The van der Waals surface area contributed by atoms with Gasteiger partial charge in [-0.25, -0.2) is 4.79 Å². The number of esters is 1. The predicted molar refractivity (Wildman–Crippen MR) is 72.4 cm³/mol. The Bertz CT molecular complexity index is 408. The minimum absolute atomic E-state index is 0.337. The first-order valence-electron chi connectivity index (χ1n) is 6.20. The van der Waals surface area contributed by atoms with Crippen LogP contribution in [0.2, 0.25) is 0 Å². The second-order valence-corrected chi connectivity index (χ2v) is 4.33. The number of rotatable bonds is 6. The molecule has 0 atom stereocenters. The number of ether oxygens (including phenoxy) is 2. The Hall–Kier alpha value is -1.77. The van der Waals surface area contributed by atoms with E-state index >= 15 is 0 Å². The van der Waals surface area contributed by atoms with Gasteiger partial charge < -0.3 is 9.47 Å². The molecule has 3 heteroatoms. The molecule has 0 heterocycles. The van der Waals surface area contributed by atoms with Crippen LogP contribution >= 0.6 is 0 Å². The van der Waals surface area contributed by atoms with Crippen LogP contribution in [0, 0.1) is 5.92 Å². The second-order valence-electron chi connectivity index (χ2n) is 4.33. The van der Waals surface area contributed by atoms with Crippen molar-refractivity contribution in [1.29, 1.82) is 0 Å². The molecule has 0 aromatic heterocycles. The highest BCUT2D eigenvalue weighted by Crippen LogP contribution is 2.20. The van der Waals surface area contributed by atoms with Crippen molar-refractivity contribution < 1.29 is 14.3 Å². The maximum atomic E-state index is 11.2. The fourth-order valence-corrected chi connectivity index (χ4v) is 1.35. The number of hydrogen-bond donors (Lipinski definition) is 0. The van der Waals surface area contributed by atoms with Gasteiger partial charge in [0.15, 0.2) is 0 Å². The Balaban J connectivity index is 2.72. The van der Waals surface area contributed by atoms with Crippen molar-refractivity contribution in [2.24, 2.45) is 5.92 Å². The van der Waals surface area contributed by atoms with Gasteiger partial charge in [-0.2, -0.15) is 0 Å². The SMILES string of the molecule is CCOC(=O)C=Cc1ccccc1OCC(C)C. The van der Waals surface area contributed by atoms with E-state index in [0.29, 0.717) is 19.1 Å². The zero-order valence-corrected chi connectivity index (χ0v) is 11.2. The summed E-state index contributed by atoms with van der Waals surface area (Å²) < 4.78 is 10.5. The van der Waals surface area contributed by atoms with Gasteiger partial charge in [0, 0.05) is 11.6 Å². The summed E-state index contributed by atoms with van der Waals surface area (Å²) in [5, 5.41) is 0. The highest BCUT2D eigenvalue weighted by molar-refractivity contribution is 5.87. The molecule has 0 aliphatic heterocycles. The van der Waals surface area contributed by atoms with Crippen molar-refractivity contribution >= 4 is 12.0 Å². The Morgan fingerprint density at radius 3 is 2.72 bits per heavy atom. The van der Waals surface area contributed by atoms with Crippen LogP contribution in [0.15, 0.2) is 30.3 Å². The summed E-state index contributed by atoms with van der Waals surface area (Å²) in [5.74, 6) is 0.912. The molecular weight excluding hydrogens is 228 g/mol. The van der Waals surface area contributed by atoms with Gasteiger partial charge in [0.25, 0.3) is 0 Å². The number of carbonyl (C=O) groups is 1. The van der Waals surface area contributed by atoms with Crippen molar-refractivity contribution in [2.75, 3.05) is 13.2 Å². The molecule has 18 heavy (non-hydrogen) atoms. The highest BCUT2D eigenvalue weighted by atomic mass is 16.5. The van der Waals surface area contributed by atoms with E-state index < -0.39 is 0 Å². The topological polar surface area (TPSA) is 35.5 Å². The largest absolute Gasteiger partial charge is 0.493 e. The van der Waals surface area contributed by atoms with Gasteiger partial charge in [0.2, 0.25) is 0 Å². The summed E-state index contributed by atoms with van der Waals surface area (Å²) in [7, 11) is 0. The molecule has 1 rings (SSSR count). The van der Waals surface area contributed by atoms with Gasteiger partial charge in [0.05, 0.1) is 13.2 Å². The van der Waals surface area contributed by atoms with Gasteiger partial charge in [-0.3, -0.25) is 0 Å². The predicted octanol–water partition coefficient (Wildman–Crippen LogP) is 3.30. The molecular formula is C15H20O3. The Morgan fingerprint density at radius 1 is 1.33 bits per heavy atom. The summed E-state index contributed by atoms with van der Waals surface area (Å²) in [6.07, 6.45) is 3.13. The molecule has 0 saturated heterocycles. The average Bonchev–Trinajstić information content (AvgIpc) is 2.35. The number of carbonyl (C=O) groups excluding carboxylic acids is 1. The molecule has 0 N–H and O–H groups in total. The van der Waals surface area contributed by atoms with Crippen LogP contribution in [0.5, 0.6) is 5.75 Å². The van der Waals surface area contributed by atoms with Gasteiger partial charge in [-0.15, -0.1) is 0 Å². The van der Waals surface area contributed by atoms with Crippen LogP contribution in [-0.2, 0) is 9.53 Å². The summed E-state index contributed by atoms with van der Waals surface area (Å²) in [6, 6.07) is 7.63. The third kappa shape index (κ3) is 5.04. The van der Waals surface area contributed by atoms with E-state index in [4.69, 9.17) is 9.47 Å². The maximum absolute atomic E-state index is 11.2. The normalized spacial score (nSPS) is 10.9. The molecule has 98 valence electrons. The van der Waals surface area contributed by atoms with Gasteiger partial charge >= 0.3 is 5.97 Å². The lowest BCUT2D eigenvalue weighted by atomic mass is 10.2. The average molecular weight is 248 g/mol. The number of benzene rings is 1. The lowest BCUT2D eigenvalue weighted by molar-refractivity contribution is -0.137. The second kappa shape index (κ2) is 7.54. The zero-order valence-electron chi connectivity index (χ0n) is 11.2. The van der Waals surface area contributed by atoms with Crippen molar-refractivity contribution in [2.45, 2.75) is 20.8 Å². The maximum Gasteiger partial charge on any atom is 0.330 e. The van der Waals surface area contributed by atoms with E-state index in [1.165, 1.54) is 6.08 Å². The number of hydrogen-bond acceptors (Lipinski definition) is 3. The summed E-state index contributed by atoms with van der Waals surface area (Å²) >= 11 is 0. The van der Waals surface area contributed by atoms with Crippen LogP contribution in [-0.4, -0.2) is 19.2 Å². The first-order chi connectivity index (χ1) is 8.63. The third-order valence-electron chi connectivity index (χ3n) is 2.18. The molecule has 3 nitrogen and oxygen atoms in total. The van der Waals surface area contributed by atoms with Crippen LogP contribution in [0.4, 0.5) is 0 Å². The van der Waals surface area contributed by atoms with Crippen molar-refractivity contribution in [3.63, 3.8) is 0 Å². The minimum Gasteiger partial charge on any atom is -0.493 e. The monoisotopic (exact) mass is 248 g/mol. The molecule has 0 amide bonds. The van der Waals surface area contributed by atoms with Crippen LogP contribution < -0.4 is 4.74 Å². The van der Waals surface area contributed by atoms with E-state index in [1.54, 1.807) is 13.0 Å². The minimum atomic E-state index is -0.337. The van der Waals surface area contributed by atoms with Gasteiger partial charge in [-0.05, 0) is 25.0 Å². The Morgan fingerprint density at radius 2 is 2.06 bits per heavy atom. The van der Waals surface area contributed by atoms with E-state index in [-0.39, 0.29) is 5.97 Å². The standard InChI is InChI=1S/C15H20O3/c1-4-17-15(16)10-9-13-7-5-6-8-14(13)18-11-12(2)3/h5-10,12H,4,11H2,1-3H3. The van der Waals surface area contributed by atoms with E-state index in [0.717, 1.165) is 11.3 Å². The lowest BCUT2D eigenvalue weighted by Gasteiger charge is -2.10. The molecule has 0 aliphatic carbocycles. The van der Waals surface area contributed by atoms with Crippen LogP contribution in [0.3, 0.4) is 0 Å². The van der Waals surface area contributed by atoms with Crippen molar-refractivity contribution in [3.8, 4) is 5.75 Å². The fourth-order valence-electron chi connectivity index (χ4n) is 1.35. The van der Waals surface area contributed by atoms with Gasteiger partial charge in [-0.1, -0.05) is 32.0 Å². The Labute approximate surface area is 108 Å². The molecule has 0 spiro atoms. The first-order valence-corrected chi connectivity index (χ1v) is 6.20. The molecule has 1 aromatic carbocycles. The Kier molecular flexibility index (Phi) is 5.98. The molecule has 1 aromatic rings.